The van der Waals surface area contributed by atoms with Gasteiger partial charge in [-0.3, -0.25) is 4.79 Å². The van der Waals surface area contributed by atoms with Crippen molar-refractivity contribution in [2.24, 2.45) is 5.92 Å². The van der Waals surface area contributed by atoms with Crippen LogP contribution in [0.2, 0.25) is 0 Å². The summed E-state index contributed by atoms with van der Waals surface area (Å²) in [6, 6.07) is 0. The Balaban J connectivity index is 2.03. The van der Waals surface area contributed by atoms with Gasteiger partial charge in [0.15, 0.2) is 5.78 Å². The number of carbonyl (C=O) groups excluding carboxylic acids is 1. The van der Waals surface area contributed by atoms with E-state index in [2.05, 4.69) is 5.16 Å². The van der Waals surface area contributed by atoms with Gasteiger partial charge in [-0.2, -0.15) is 11.8 Å². The van der Waals surface area contributed by atoms with E-state index >= 15 is 0 Å². The number of thioether (sulfide) groups is 1. The fourth-order valence-corrected chi connectivity index (χ4v) is 3.12. The van der Waals surface area contributed by atoms with E-state index in [-0.39, 0.29) is 5.78 Å². The molecule has 15 heavy (non-hydrogen) atoms. The Kier molecular flexibility index (Phi) is 3.46. The maximum atomic E-state index is 11.3. The second-order valence-corrected chi connectivity index (χ2v) is 5.20. The molecule has 1 saturated heterocycles. The fraction of sp³-hybridized carbons (Fsp3) is 0.636. The van der Waals surface area contributed by atoms with Crippen molar-refractivity contribution in [1.29, 1.82) is 0 Å². The van der Waals surface area contributed by atoms with Crippen molar-refractivity contribution >= 4 is 17.5 Å². The van der Waals surface area contributed by atoms with E-state index in [1.165, 1.54) is 30.5 Å². The van der Waals surface area contributed by atoms with Crippen LogP contribution < -0.4 is 0 Å². The lowest BCUT2D eigenvalue weighted by molar-refractivity contribution is 0.101. The number of carbonyl (C=O) groups is 1. The molecule has 0 saturated carbocycles. The number of hydrogen-bond donors (Lipinski definition) is 0. The predicted molar refractivity (Wildman–Crippen MR) is 60.3 cm³/mol. The molecule has 4 heteroatoms. The zero-order valence-electron chi connectivity index (χ0n) is 8.86. The van der Waals surface area contributed by atoms with Crippen molar-refractivity contribution in [3.8, 4) is 0 Å². The highest BCUT2D eigenvalue weighted by molar-refractivity contribution is 7.99. The van der Waals surface area contributed by atoms with Gasteiger partial charge in [0, 0.05) is 6.42 Å². The van der Waals surface area contributed by atoms with E-state index in [0.29, 0.717) is 11.5 Å². The standard InChI is InChI=1S/C11H15NO2S/c1-8(13)10-7-12-14-11(10)6-9-2-4-15-5-3-9/h7,9H,2-6H2,1H3. The van der Waals surface area contributed by atoms with Gasteiger partial charge >= 0.3 is 0 Å². The van der Waals surface area contributed by atoms with Crippen LogP contribution in [0.25, 0.3) is 0 Å². The van der Waals surface area contributed by atoms with E-state index in [4.69, 9.17) is 4.52 Å². The molecule has 82 valence electrons. The van der Waals surface area contributed by atoms with Crippen molar-refractivity contribution in [2.75, 3.05) is 11.5 Å². The highest BCUT2D eigenvalue weighted by atomic mass is 32.2. The minimum Gasteiger partial charge on any atom is -0.361 e. The third-order valence-electron chi connectivity index (χ3n) is 2.84. The molecule has 0 unspecified atom stereocenters. The lowest BCUT2D eigenvalue weighted by Gasteiger charge is -2.19. The van der Waals surface area contributed by atoms with Crippen LogP contribution in [0, 0.1) is 5.92 Å². The lowest BCUT2D eigenvalue weighted by Crippen LogP contribution is -2.13. The monoisotopic (exact) mass is 225 g/mol. The SMILES string of the molecule is CC(=O)c1cnoc1CC1CCSCC1. The first-order valence-electron chi connectivity index (χ1n) is 5.29. The van der Waals surface area contributed by atoms with Crippen LogP contribution in [0.1, 0.15) is 35.9 Å². The molecule has 0 atom stereocenters. The second kappa shape index (κ2) is 4.84. The topological polar surface area (TPSA) is 43.1 Å². The minimum absolute atomic E-state index is 0.0523. The summed E-state index contributed by atoms with van der Waals surface area (Å²) in [5, 5.41) is 3.71. The Hall–Kier alpha value is -0.770. The molecule has 1 aliphatic heterocycles. The Labute approximate surface area is 93.6 Å². The van der Waals surface area contributed by atoms with Crippen LogP contribution in [-0.4, -0.2) is 22.4 Å². The van der Waals surface area contributed by atoms with Crippen molar-refractivity contribution in [1.82, 2.24) is 5.16 Å². The molecule has 0 aromatic carbocycles. The molecule has 2 rings (SSSR count). The van der Waals surface area contributed by atoms with Crippen molar-refractivity contribution in [2.45, 2.75) is 26.2 Å². The maximum Gasteiger partial charge on any atom is 0.164 e. The number of rotatable bonds is 3. The number of Topliss-reactive ketones (excluding diaryl/α,β-unsaturated/α-hetero) is 1. The van der Waals surface area contributed by atoms with Crippen LogP contribution in [-0.2, 0) is 6.42 Å². The summed E-state index contributed by atoms with van der Waals surface area (Å²) >= 11 is 2.01. The van der Waals surface area contributed by atoms with Gasteiger partial charge in [-0.25, -0.2) is 0 Å². The number of aromatic nitrogens is 1. The molecular weight excluding hydrogens is 210 g/mol. The predicted octanol–water partition coefficient (Wildman–Crippen LogP) is 2.56. The van der Waals surface area contributed by atoms with Crippen LogP contribution in [0.15, 0.2) is 10.7 Å². The van der Waals surface area contributed by atoms with Crippen molar-refractivity contribution in [3.63, 3.8) is 0 Å². The van der Waals surface area contributed by atoms with E-state index in [9.17, 15) is 4.79 Å². The van der Waals surface area contributed by atoms with Gasteiger partial charge in [-0.15, -0.1) is 0 Å². The average molecular weight is 225 g/mol. The van der Waals surface area contributed by atoms with Crippen LogP contribution >= 0.6 is 11.8 Å². The third-order valence-corrected chi connectivity index (χ3v) is 3.89. The summed E-state index contributed by atoms with van der Waals surface area (Å²) in [6.07, 6.45) is 4.86. The normalized spacial score (nSPS) is 17.9. The smallest absolute Gasteiger partial charge is 0.164 e. The van der Waals surface area contributed by atoms with E-state index in [1.807, 2.05) is 11.8 Å². The van der Waals surface area contributed by atoms with E-state index in [0.717, 1.165) is 12.2 Å². The van der Waals surface area contributed by atoms with Crippen molar-refractivity contribution in [3.05, 3.63) is 17.5 Å². The first kappa shape index (κ1) is 10.7. The molecule has 1 aromatic rings. The van der Waals surface area contributed by atoms with Crippen LogP contribution in [0.5, 0.6) is 0 Å². The van der Waals surface area contributed by atoms with Crippen molar-refractivity contribution < 1.29 is 9.32 Å². The largest absolute Gasteiger partial charge is 0.361 e. The van der Waals surface area contributed by atoms with Gasteiger partial charge in [-0.1, -0.05) is 5.16 Å². The Morgan fingerprint density at radius 2 is 2.33 bits per heavy atom. The van der Waals surface area contributed by atoms with E-state index < -0.39 is 0 Å². The van der Waals surface area contributed by atoms with Gasteiger partial charge in [0.1, 0.15) is 5.76 Å². The highest BCUT2D eigenvalue weighted by Crippen LogP contribution is 2.26. The molecule has 0 amide bonds. The van der Waals surface area contributed by atoms with Gasteiger partial charge in [-0.05, 0) is 37.2 Å². The molecule has 0 radical (unpaired) electrons. The highest BCUT2D eigenvalue weighted by Gasteiger charge is 2.19. The first-order chi connectivity index (χ1) is 7.27. The number of ketones is 1. The summed E-state index contributed by atoms with van der Waals surface area (Å²) in [5.41, 5.74) is 0.660. The number of nitrogens with zero attached hydrogens (tertiary/aromatic N) is 1. The van der Waals surface area contributed by atoms with Gasteiger partial charge < -0.3 is 4.52 Å². The molecule has 1 aromatic heterocycles. The zero-order chi connectivity index (χ0) is 10.7. The summed E-state index contributed by atoms with van der Waals surface area (Å²) in [5.74, 6) is 3.95. The molecule has 0 aliphatic carbocycles. The molecule has 0 N–H and O–H groups in total. The molecular formula is C11H15NO2S. The quantitative estimate of drug-likeness (QED) is 0.741. The van der Waals surface area contributed by atoms with Crippen LogP contribution in [0.4, 0.5) is 0 Å². The van der Waals surface area contributed by atoms with Crippen LogP contribution in [0.3, 0.4) is 0 Å². The fourth-order valence-electron chi connectivity index (χ4n) is 1.91. The Morgan fingerprint density at radius 1 is 1.60 bits per heavy atom. The van der Waals surface area contributed by atoms with Gasteiger partial charge in [0.05, 0.1) is 11.8 Å². The third kappa shape index (κ3) is 2.62. The maximum absolute atomic E-state index is 11.3. The molecule has 0 bridgehead atoms. The number of hydrogen-bond acceptors (Lipinski definition) is 4. The summed E-state index contributed by atoms with van der Waals surface area (Å²) in [7, 11) is 0. The lowest BCUT2D eigenvalue weighted by atomic mass is 9.95. The molecule has 3 nitrogen and oxygen atoms in total. The van der Waals surface area contributed by atoms with Gasteiger partial charge in [0.2, 0.25) is 0 Å². The second-order valence-electron chi connectivity index (χ2n) is 3.98. The Morgan fingerprint density at radius 3 is 3.00 bits per heavy atom. The minimum atomic E-state index is 0.0523. The summed E-state index contributed by atoms with van der Waals surface area (Å²) in [4.78, 5) is 11.3. The molecule has 1 fully saturated rings. The Bertz CT molecular complexity index is 342. The zero-order valence-corrected chi connectivity index (χ0v) is 9.68. The molecule has 2 heterocycles. The van der Waals surface area contributed by atoms with E-state index in [1.54, 1.807) is 6.92 Å². The first-order valence-corrected chi connectivity index (χ1v) is 6.45. The summed E-state index contributed by atoms with van der Waals surface area (Å²) in [6.45, 7) is 1.56. The van der Waals surface area contributed by atoms with Gasteiger partial charge in [0.25, 0.3) is 0 Å². The molecule has 0 spiro atoms. The molecule has 1 aliphatic rings. The summed E-state index contributed by atoms with van der Waals surface area (Å²) < 4.78 is 5.15. The average Bonchev–Trinajstić information content (AvgIpc) is 2.67.